The molecular formula is C12H16N4. The van der Waals surface area contributed by atoms with Crippen LogP contribution >= 0.6 is 0 Å². The quantitative estimate of drug-likeness (QED) is 0.826. The van der Waals surface area contributed by atoms with E-state index >= 15 is 0 Å². The summed E-state index contributed by atoms with van der Waals surface area (Å²) < 4.78 is 2.12. The number of fused-ring (bicyclic) bond motifs is 1. The summed E-state index contributed by atoms with van der Waals surface area (Å²) in [4.78, 5) is 8.45. The molecule has 0 radical (unpaired) electrons. The molecule has 0 saturated heterocycles. The fraction of sp³-hybridized carbons (Fsp3) is 0.500. The maximum Gasteiger partial charge on any atom is 0.155 e. The number of imidazole rings is 1. The monoisotopic (exact) mass is 216 g/mol. The Morgan fingerprint density at radius 2 is 2.25 bits per heavy atom. The number of nitrogens with two attached hydrogens (primary N) is 1. The molecule has 2 atom stereocenters. The van der Waals surface area contributed by atoms with E-state index in [9.17, 15) is 0 Å². The van der Waals surface area contributed by atoms with E-state index in [1.165, 1.54) is 5.69 Å². The second-order valence-electron chi connectivity index (χ2n) is 5.13. The normalized spacial score (nSPS) is 27.2. The molecule has 0 aromatic carbocycles. The van der Waals surface area contributed by atoms with Crippen LogP contribution in [-0.2, 0) is 0 Å². The molecule has 3 rings (SSSR count). The largest absolute Gasteiger partial charge is 0.330 e. The van der Waals surface area contributed by atoms with Crippen molar-refractivity contribution in [3.63, 3.8) is 0 Å². The molecule has 4 nitrogen and oxygen atoms in total. The van der Waals surface area contributed by atoms with E-state index in [-0.39, 0.29) is 0 Å². The molecule has 2 aromatic rings. The Bertz CT molecular complexity index is 529. The van der Waals surface area contributed by atoms with Gasteiger partial charge in [0.15, 0.2) is 5.65 Å². The van der Waals surface area contributed by atoms with Crippen LogP contribution in [0.25, 0.3) is 5.65 Å². The van der Waals surface area contributed by atoms with Crippen molar-refractivity contribution in [1.82, 2.24) is 14.4 Å². The summed E-state index contributed by atoms with van der Waals surface area (Å²) in [5, 5.41) is 0. The van der Waals surface area contributed by atoms with Gasteiger partial charge in [0.25, 0.3) is 0 Å². The van der Waals surface area contributed by atoms with Crippen molar-refractivity contribution < 1.29 is 0 Å². The maximum atomic E-state index is 5.81. The van der Waals surface area contributed by atoms with Gasteiger partial charge in [-0.2, -0.15) is 0 Å². The van der Waals surface area contributed by atoms with E-state index in [1.54, 1.807) is 12.4 Å². The van der Waals surface area contributed by atoms with E-state index in [4.69, 9.17) is 5.73 Å². The number of rotatable bonds is 2. The average molecular weight is 216 g/mol. The van der Waals surface area contributed by atoms with Crippen LogP contribution in [-0.4, -0.2) is 20.9 Å². The zero-order valence-electron chi connectivity index (χ0n) is 9.59. The molecule has 0 bridgehead atoms. The summed E-state index contributed by atoms with van der Waals surface area (Å²) >= 11 is 0. The summed E-state index contributed by atoms with van der Waals surface area (Å²) in [6, 6.07) is 0. The summed E-state index contributed by atoms with van der Waals surface area (Å²) in [7, 11) is 0. The molecule has 2 unspecified atom stereocenters. The molecule has 2 aromatic heterocycles. The molecule has 0 aliphatic heterocycles. The molecule has 2 N–H and O–H groups in total. The fourth-order valence-electron chi connectivity index (χ4n) is 2.86. The highest BCUT2D eigenvalue weighted by Gasteiger charge is 2.58. The zero-order valence-corrected chi connectivity index (χ0v) is 9.59. The zero-order chi connectivity index (χ0) is 11.3. The van der Waals surface area contributed by atoms with Crippen LogP contribution < -0.4 is 5.73 Å². The van der Waals surface area contributed by atoms with E-state index in [1.807, 2.05) is 12.4 Å². The highest BCUT2D eigenvalue weighted by atomic mass is 15.0. The van der Waals surface area contributed by atoms with Crippen molar-refractivity contribution in [1.29, 1.82) is 0 Å². The van der Waals surface area contributed by atoms with Crippen molar-refractivity contribution in [3.8, 4) is 0 Å². The van der Waals surface area contributed by atoms with Crippen LogP contribution in [0.2, 0.25) is 0 Å². The number of aromatic nitrogens is 3. The third-order valence-corrected chi connectivity index (χ3v) is 3.97. The Balaban J connectivity index is 2.08. The smallest absolute Gasteiger partial charge is 0.155 e. The van der Waals surface area contributed by atoms with Crippen molar-refractivity contribution in [2.75, 3.05) is 6.54 Å². The van der Waals surface area contributed by atoms with Gasteiger partial charge in [-0.1, -0.05) is 13.8 Å². The van der Waals surface area contributed by atoms with Crippen LogP contribution in [0.15, 0.2) is 24.8 Å². The molecule has 1 fully saturated rings. The Morgan fingerprint density at radius 3 is 2.94 bits per heavy atom. The van der Waals surface area contributed by atoms with E-state index in [0.29, 0.717) is 17.3 Å². The number of nitrogens with zero attached hydrogens (tertiary/aromatic N) is 3. The minimum absolute atomic E-state index is 0.300. The van der Waals surface area contributed by atoms with Crippen molar-refractivity contribution in [2.24, 2.45) is 17.1 Å². The first-order valence-electron chi connectivity index (χ1n) is 5.63. The van der Waals surface area contributed by atoms with Gasteiger partial charge in [-0.3, -0.25) is 4.98 Å². The van der Waals surface area contributed by atoms with Crippen LogP contribution in [0, 0.1) is 11.3 Å². The lowest BCUT2D eigenvalue weighted by Gasteiger charge is -2.02. The predicted octanol–water partition coefficient (Wildman–Crippen LogP) is 1.43. The third-order valence-electron chi connectivity index (χ3n) is 3.97. The topological polar surface area (TPSA) is 56.2 Å². The standard InChI is InChI=1S/C12H16N4/c1-12(2)8(5-13)11(12)9-6-15-10-7-14-3-4-16(9)10/h3-4,6-8,11H,5,13H2,1-2H3. The lowest BCUT2D eigenvalue weighted by atomic mass is 10.1. The second kappa shape index (κ2) is 3.04. The van der Waals surface area contributed by atoms with Gasteiger partial charge >= 0.3 is 0 Å². The lowest BCUT2D eigenvalue weighted by Crippen LogP contribution is -2.05. The highest BCUT2D eigenvalue weighted by molar-refractivity contribution is 5.40. The van der Waals surface area contributed by atoms with Gasteiger partial charge in [0.05, 0.1) is 6.20 Å². The highest BCUT2D eigenvalue weighted by Crippen LogP contribution is 2.63. The van der Waals surface area contributed by atoms with Crippen molar-refractivity contribution in [2.45, 2.75) is 19.8 Å². The van der Waals surface area contributed by atoms with Gasteiger partial charge in [0.1, 0.15) is 0 Å². The lowest BCUT2D eigenvalue weighted by molar-refractivity contribution is 0.557. The SMILES string of the molecule is CC1(C)C(CN)C1c1cnc2cnccn12. The molecule has 84 valence electrons. The third kappa shape index (κ3) is 1.13. The van der Waals surface area contributed by atoms with Crippen molar-refractivity contribution >= 4 is 5.65 Å². The molecule has 1 aliphatic rings. The fourth-order valence-corrected chi connectivity index (χ4v) is 2.86. The summed E-state index contributed by atoms with van der Waals surface area (Å²) in [5.41, 5.74) is 8.28. The number of hydrogen-bond acceptors (Lipinski definition) is 3. The van der Waals surface area contributed by atoms with E-state index in [0.717, 1.165) is 12.2 Å². The molecule has 16 heavy (non-hydrogen) atoms. The molecule has 2 heterocycles. The van der Waals surface area contributed by atoms with Gasteiger partial charge in [-0.15, -0.1) is 0 Å². The summed E-state index contributed by atoms with van der Waals surface area (Å²) in [5.74, 6) is 1.09. The molecule has 0 spiro atoms. The Labute approximate surface area is 94.5 Å². The first-order chi connectivity index (χ1) is 7.66. The number of hydrogen-bond donors (Lipinski definition) is 1. The van der Waals surface area contributed by atoms with E-state index < -0.39 is 0 Å². The van der Waals surface area contributed by atoms with Gasteiger partial charge in [0, 0.05) is 30.2 Å². The van der Waals surface area contributed by atoms with Crippen LogP contribution in [0.3, 0.4) is 0 Å². The van der Waals surface area contributed by atoms with Gasteiger partial charge in [-0.05, 0) is 17.9 Å². The van der Waals surface area contributed by atoms with Crippen LogP contribution in [0.1, 0.15) is 25.5 Å². The maximum absolute atomic E-state index is 5.81. The Hall–Kier alpha value is -1.42. The minimum atomic E-state index is 0.300. The Kier molecular flexibility index (Phi) is 1.86. The molecular weight excluding hydrogens is 200 g/mol. The summed E-state index contributed by atoms with van der Waals surface area (Å²) in [6.45, 7) is 5.29. The Morgan fingerprint density at radius 1 is 1.44 bits per heavy atom. The van der Waals surface area contributed by atoms with Crippen LogP contribution in [0.5, 0.6) is 0 Å². The first-order valence-corrected chi connectivity index (χ1v) is 5.63. The predicted molar refractivity (Wildman–Crippen MR) is 62.1 cm³/mol. The van der Waals surface area contributed by atoms with Gasteiger partial charge in [0.2, 0.25) is 0 Å². The molecule has 1 saturated carbocycles. The molecule has 0 amide bonds. The second-order valence-corrected chi connectivity index (χ2v) is 5.13. The average Bonchev–Trinajstić information content (AvgIpc) is 2.66. The van der Waals surface area contributed by atoms with E-state index in [2.05, 4.69) is 28.2 Å². The van der Waals surface area contributed by atoms with Crippen molar-refractivity contribution in [3.05, 3.63) is 30.5 Å². The molecule has 1 aliphatic carbocycles. The van der Waals surface area contributed by atoms with Gasteiger partial charge < -0.3 is 10.1 Å². The first kappa shape index (κ1) is 9.78. The minimum Gasteiger partial charge on any atom is -0.330 e. The van der Waals surface area contributed by atoms with Crippen LogP contribution in [0.4, 0.5) is 0 Å². The summed E-state index contributed by atoms with van der Waals surface area (Å²) in [6.07, 6.45) is 7.51. The van der Waals surface area contributed by atoms with Gasteiger partial charge in [-0.25, -0.2) is 4.98 Å². The molecule has 4 heteroatoms.